The molecule has 8 nitrogen and oxygen atoms in total. The smallest absolute Gasteiger partial charge is 0.435 e. The molecule has 0 radical (unpaired) electrons. The summed E-state index contributed by atoms with van der Waals surface area (Å²) in [5, 5.41) is 13.1. The molecule has 0 bridgehead atoms. The highest BCUT2D eigenvalue weighted by Crippen LogP contribution is 2.42. The number of benzene rings is 3. The van der Waals surface area contributed by atoms with E-state index >= 15 is 0 Å². The van der Waals surface area contributed by atoms with Gasteiger partial charge in [-0.15, -0.1) is 0 Å². The molecule has 1 aromatic heterocycles. The van der Waals surface area contributed by atoms with Crippen molar-refractivity contribution in [2.24, 2.45) is 0 Å². The van der Waals surface area contributed by atoms with Crippen LogP contribution >= 0.6 is 0 Å². The maximum atomic E-state index is 14.1. The van der Waals surface area contributed by atoms with Gasteiger partial charge in [0.15, 0.2) is 17.3 Å². The average molecular weight is 584 g/mol. The normalized spacial score (nSPS) is 14.7. The largest absolute Gasteiger partial charge is 0.494 e. The molecular formula is C30H25F4N3O5. The number of nitrogens with zero attached hydrogens (tertiary/aromatic N) is 3. The van der Waals surface area contributed by atoms with Crippen molar-refractivity contribution in [3.8, 4) is 17.2 Å². The Balaban J connectivity index is 1.53. The lowest BCUT2D eigenvalue weighted by molar-refractivity contribution is -0.142. The van der Waals surface area contributed by atoms with Crippen molar-refractivity contribution in [2.45, 2.75) is 31.5 Å². The number of amides is 1. The Hall–Kier alpha value is -4.87. The second-order valence-corrected chi connectivity index (χ2v) is 9.68. The van der Waals surface area contributed by atoms with Crippen LogP contribution in [0.2, 0.25) is 0 Å². The molecule has 1 aliphatic carbocycles. The Labute approximate surface area is 237 Å². The Morgan fingerprint density at radius 1 is 1.05 bits per heavy atom. The third kappa shape index (κ3) is 5.52. The van der Waals surface area contributed by atoms with Crippen LogP contribution in [0.1, 0.15) is 56.6 Å². The fourth-order valence-electron chi connectivity index (χ4n) is 4.96. The first kappa shape index (κ1) is 28.7. The molecule has 0 spiro atoms. The number of methoxy groups -OCH3 is 1. The number of fused-ring (bicyclic) bond motifs is 1. The van der Waals surface area contributed by atoms with Crippen LogP contribution in [-0.4, -0.2) is 40.9 Å². The number of hydrogen-bond acceptors (Lipinski definition) is 5. The lowest BCUT2D eigenvalue weighted by Gasteiger charge is -2.26. The van der Waals surface area contributed by atoms with Gasteiger partial charge in [0, 0.05) is 29.9 Å². The van der Waals surface area contributed by atoms with Gasteiger partial charge < -0.3 is 19.5 Å². The molecule has 1 atom stereocenters. The lowest BCUT2D eigenvalue weighted by atomic mass is 9.92. The highest BCUT2D eigenvalue weighted by molar-refractivity contribution is 6.06. The molecule has 1 unspecified atom stereocenters. The van der Waals surface area contributed by atoms with Crippen LogP contribution < -0.4 is 14.4 Å². The first-order valence-corrected chi connectivity index (χ1v) is 12.9. The molecular weight excluding hydrogens is 558 g/mol. The van der Waals surface area contributed by atoms with E-state index < -0.39 is 35.7 Å². The summed E-state index contributed by atoms with van der Waals surface area (Å²) in [6.45, 7) is 0. The maximum absolute atomic E-state index is 14.1. The third-order valence-electron chi connectivity index (χ3n) is 7.03. The summed E-state index contributed by atoms with van der Waals surface area (Å²) in [4.78, 5) is 25.8. The van der Waals surface area contributed by atoms with Crippen LogP contribution in [-0.2, 0) is 12.6 Å². The monoisotopic (exact) mass is 583 g/mol. The van der Waals surface area contributed by atoms with Crippen molar-refractivity contribution in [3.05, 3.63) is 101 Å². The van der Waals surface area contributed by atoms with Crippen molar-refractivity contribution in [1.82, 2.24) is 9.78 Å². The summed E-state index contributed by atoms with van der Waals surface area (Å²) in [6, 6.07) is 15.5. The molecule has 1 aliphatic rings. The van der Waals surface area contributed by atoms with Crippen LogP contribution in [0.15, 0.2) is 66.7 Å². The molecule has 1 amide bonds. The summed E-state index contributed by atoms with van der Waals surface area (Å²) < 4.78 is 68.4. The van der Waals surface area contributed by atoms with Crippen molar-refractivity contribution in [1.29, 1.82) is 0 Å². The summed E-state index contributed by atoms with van der Waals surface area (Å²) in [5.41, 5.74) is -0.0453. The first-order chi connectivity index (χ1) is 20.0. The molecule has 0 aliphatic heterocycles. The number of anilines is 1. The van der Waals surface area contributed by atoms with Crippen LogP contribution in [0.4, 0.5) is 23.2 Å². The summed E-state index contributed by atoms with van der Waals surface area (Å²) >= 11 is 0. The first-order valence-electron chi connectivity index (χ1n) is 12.9. The van der Waals surface area contributed by atoms with Gasteiger partial charge in [0.25, 0.3) is 5.91 Å². The highest BCUT2D eigenvalue weighted by Gasteiger charge is 2.42. The predicted molar refractivity (Wildman–Crippen MR) is 144 cm³/mol. The fraction of sp³-hybridized carbons (Fsp3) is 0.233. The standard InChI is InChI=1S/C30H25F4N3O5/c1-36(19-11-14-23(31)25(16-19)41-2)28(38)18-5-3-6-20(15-18)37-26-22(27(35-37)30(32,33)34)7-4-8-24(26)42-21-12-9-17(10-13-21)29(39)40/h3,5-6,9-16,24H,4,7-8H2,1-2H3,(H,39,40). The van der Waals surface area contributed by atoms with Crippen molar-refractivity contribution in [2.75, 3.05) is 19.1 Å². The molecule has 1 N–H and O–H groups in total. The summed E-state index contributed by atoms with van der Waals surface area (Å²) in [5.74, 6) is -1.96. The number of carbonyl (C=O) groups excluding carboxylic acids is 1. The Morgan fingerprint density at radius 3 is 2.45 bits per heavy atom. The van der Waals surface area contributed by atoms with Crippen molar-refractivity contribution >= 4 is 17.6 Å². The zero-order valence-corrected chi connectivity index (χ0v) is 22.5. The van der Waals surface area contributed by atoms with E-state index in [-0.39, 0.29) is 40.2 Å². The second-order valence-electron chi connectivity index (χ2n) is 9.68. The number of aromatic nitrogens is 2. The summed E-state index contributed by atoms with van der Waals surface area (Å²) in [7, 11) is 2.79. The zero-order chi connectivity index (χ0) is 30.2. The minimum Gasteiger partial charge on any atom is -0.494 e. The Morgan fingerprint density at radius 2 is 1.79 bits per heavy atom. The molecule has 12 heteroatoms. The molecule has 42 heavy (non-hydrogen) atoms. The molecule has 0 saturated heterocycles. The molecule has 3 aromatic carbocycles. The highest BCUT2D eigenvalue weighted by atomic mass is 19.4. The predicted octanol–water partition coefficient (Wildman–Crippen LogP) is 6.47. The number of alkyl halides is 3. The van der Waals surface area contributed by atoms with Crippen LogP contribution in [0.5, 0.6) is 11.5 Å². The minimum absolute atomic E-state index is 0.00756. The Kier molecular flexibility index (Phi) is 7.63. The van der Waals surface area contributed by atoms with E-state index in [0.29, 0.717) is 24.3 Å². The van der Waals surface area contributed by atoms with Gasteiger partial charge in [0.1, 0.15) is 11.9 Å². The van der Waals surface area contributed by atoms with Crippen molar-refractivity contribution < 1.29 is 41.7 Å². The fourth-order valence-corrected chi connectivity index (χ4v) is 4.96. The SMILES string of the molecule is COc1cc(N(C)C(=O)c2cccc(-n3nc(C(F)(F)F)c4c3C(Oc3ccc(C(=O)O)cc3)CCC4)c2)ccc1F. The van der Waals surface area contributed by atoms with Crippen LogP contribution in [0, 0.1) is 5.82 Å². The number of carbonyl (C=O) groups is 2. The molecule has 1 heterocycles. The number of hydrogen-bond donors (Lipinski definition) is 1. The van der Waals surface area contributed by atoms with Gasteiger partial charge in [-0.3, -0.25) is 4.79 Å². The molecule has 218 valence electrons. The number of halogens is 4. The van der Waals surface area contributed by atoms with Gasteiger partial charge in [-0.1, -0.05) is 6.07 Å². The molecule has 0 fully saturated rings. The minimum atomic E-state index is -4.73. The van der Waals surface area contributed by atoms with E-state index in [1.165, 1.54) is 79.7 Å². The van der Waals surface area contributed by atoms with E-state index in [4.69, 9.17) is 14.6 Å². The van der Waals surface area contributed by atoms with Gasteiger partial charge in [0.05, 0.1) is 24.1 Å². The van der Waals surface area contributed by atoms with E-state index in [1.807, 2.05) is 0 Å². The maximum Gasteiger partial charge on any atom is 0.435 e. The quantitative estimate of drug-likeness (QED) is 0.251. The van der Waals surface area contributed by atoms with Crippen LogP contribution in [0.25, 0.3) is 5.69 Å². The average Bonchev–Trinajstić information content (AvgIpc) is 3.39. The van der Waals surface area contributed by atoms with E-state index in [0.717, 1.165) is 4.68 Å². The van der Waals surface area contributed by atoms with Gasteiger partial charge in [0.2, 0.25) is 0 Å². The number of rotatable bonds is 7. The lowest BCUT2D eigenvalue weighted by Crippen LogP contribution is -2.26. The van der Waals surface area contributed by atoms with Gasteiger partial charge in [-0.05, 0) is 73.9 Å². The molecule has 5 rings (SSSR count). The zero-order valence-electron chi connectivity index (χ0n) is 22.5. The van der Waals surface area contributed by atoms with Gasteiger partial charge in [-0.25, -0.2) is 13.9 Å². The summed E-state index contributed by atoms with van der Waals surface area (Å²) in [6.07, 6.45) is -4.60. The third-order valence-corrected chi connectivity index (χ3v) is 7.03. The number of carboxylic acids is 1. The number of carboxylic acid groups (broad SMARTS) is 1. The van der Waals surface area contributed by atoms with E-state index in [2.05, 4.69) is 5.10 Å². The number of ether oxygens (including phenoxy) is 2. The van der Waals surface area contributed by atoms with Crippen LogP contribution in [0.3, 0.4) is 0 Å². The van der Waals surface area contributed by atoms with Crippen molar-refractivity contribution in [3.63, 3.8) is 0 Å². The molecule has 4 aromatic rings. The second kappa shape index (κ2) is 11.2. The van der Waals surface area contributed by atoms with Gasteiger partial charge >= 0.3 is 12.1 Å². The Bertz CT molecular complexity index is 1650. The van der Waals surface area contributed by atoms with E-state index in [9.17, 15) is 27.2 Å². The van der Waals surface area contributed by atoms with Gasteiger partial charge in [-0.2, -0.15) is 18.3 Å². The topological polar surface area (TPSA) is 93.9 Å². The number of aromatic carboxylic acids is 1. The molecule has 0 saturated carbocycles. The van der Waals surface area contributed by atoms with E-state index in [1.54, 1.807) is 6.07 Å².